The minimum absolute atomic E-state index is 0.252. The number of carbonyl (C=O) groups excluding carboxylic acids is 1. The predicted molar refractivity (Wildman–Crippen MR) is 88.2 cm³/mol. The van der Waals surface area contributed by atoms with Gasteiger partial charge in [-0.05, 0) is 24.6 Å². The fourth-order valence-electron chi connectivity index (χ4n) is 1.64. The first kappa shape index (κ1) is 16.5. The first-order valence-corrected chi connectivity index (χ1v) is 7.85. The van der Waals surface area contributed by atoms with Crippen molar-refractivity contribution in [3.05, 3.63) is 34.8 Å². The first-order chi connectivity index (χ1) is 10.7. The van der Waals surface area contributed by atoms with Crippen molar-refractivity contribution in [1.29, 1.82) is 0 Å². The number of amides is 1. The van der Waals surface area contributed by atoms with Gasteiger partial charge in [0.15, 0.2) is 5.00 Å². The molecule has 118 valence electrons. The molecule has 6 nitrogen and oxygen atoms in total. The van der Waals surface area contributed by atoms with E-state index in [0.717, 1.165) is 6.42 Å². The number of halogens is 1. The Kier molecular flexibility index (Phi) is 6.45. The summed E-state index contributed by atoms with van der Waals surface area (Å²) in [5.41, 5.74) is 2.17. The number of thiazole rings is 1. The summed E-state index contributed by atoms with van der Waals surface area (Å²) >= 11 is 7.23. The highest BCUT2D eigenvalue weighted by atomic mass is 35.5. The molecule has 8 heteroatoms. The van der Waals surface area contributed by atoms with Gasteiger partial charge in [-0.15, -0.1) is 11.3 Å². The van der Waals surface area contributed by atoms with Crippen LogP contribution in [0.5, 0.6) is 5.88 Å². The number of hydrogen-bond acceptors (Lipinski definition) is 6. The standard InChI is InChI=1S/C14H16ClN3O3S/c1-20-7-3-6-16-13-12(17-9-22-13)21-14(19)18-11-5-2-4-10(15)8-11/h2,4-5,8-9,16H,3,6-7H2,1H3,(H,18,19). The molecule has 0 saturated carbocycles. The molecule has 1 heterocycles. The number of benzene rings is 1. The van der Waals surface area contributed by atoms with E-state index < -0.39 is 6.09 Å². The van der Waals surface area contributed by atoms with Crippen LogP contribution in [0, 0.1) is 0 Å². The highest BCUT2D eigenvalue weighted by Crippen LogP contribution is 2.28. The third-order valence-electron chi connectivity index (χ3n) is 2.61. The van der Waals surface area contributed by atoms with Crippen LogP contribution < -0.4 is 15.4 Å². The summed E-state index contributed by atoms with van der Waals surface area (Å²) in [5.74, 6) is 0.252. The molecule has 1 amide bonds. The zero-order valence-electron chi connectivity index (χ0n) is 12.0. The summed E-state index contributed by atoms with van der Waals surface area (Å²) in [4.78, 5) is 15.9. The summed E-state index contributed by atoms with van der Waals surface area (Å²) in [6.45, 7) is 1.37. The van der Waals surface area contributed by atoms with E-state index in [1.807, 2.05) is 0 Å². The largest absolute Gasteiger partial charge is 0.418 e. The van der Waals surface area contributed by atoms with E-state index in [1.54, 1.807) is 36.9 Å². The lowest BCUT2D eigenvalue weighted by Crippen LogP contribution is -2.17. The van der Waals surface area contributed by atoms with E-state index in [9.17, 15) is 4.79 Å². The van der Waals surface area contributed by atoms with Gasteiger partial charge in [0.2, 0.25) is 0 Å². The molecule has 1 aromatic carbocycles. The first-order valence-electron chi connectivity index (χ1n) is 6.59. The zero-order chi connectivity index (χ0) is 15.8. The number of methoxy groups -OCH3 is 1. The molecule has 0 atom stereocenters. The quantitative estimate of drug-likeness (QED) is 0.748. The number of aromatic nitrogens is 1. The lowest BCUT2D eigenvalue weighted by atomic mass is 10.3. The fraction of sp³-hybridized carbons (Fsp3) is 0.286. The molecule has 2 rings (SSSR count). The average Bonchev–Trinajstić information content (AvgIpc) is 2.91. The lowest BCUT2D eigenvalue weighted by Gasteiger charge is -2.08. The second-order valence-corrected chi connectivity index (χ2v) is 5.58. The van der Waals surface area contributed by atoms with Crippen molar-refractivity contribution in [2.75, 3.05) is 30.9 Å². The topological polar surface area (TPSA) is 72.5 Å². The van der Waals surface area contributed by atoms with Crippen molar-refractivity contribution in [3.8, 4) is 5.88 Å². The molecule has 0 spiro atoms. The second-order valence-electron chi connectivity index (χ2n) is 4.28. The summed E-state index contributed by atoms with van der Waals surface area (Å²) in [7, 11) is 1.65. The van der Waals surface area contributed by atoms with Gasteiger partial charge in [0.25, 0.3) is 5.88 Å². The van der Waals surface area contributed by atoms with Crippen LogP contribution in [0.25, 0.3) is 0 Å². The van der Waals surface area contributed by atoms with E-state index in [4.69, 9.17) is 21.1 Å². The van der Waals surface area contributed by atoms with Crippen LogP contribution in [0.2, 0.25) is 5.02 Å². The molecule has 0 unspecified atom stereocenters. The smallest absolute Gasteiger partial charge is 0.388 e. The number of ether oxygens (including phenoxy) is 2. The van der Waals surface area contributed by atoms with E-state index in [2.05, 4.69) is 15.6 Å². The van der Waals surface area contributed by atoms with Gasteiger partial charge in [-0.2, -0.15) is 0 Å². The van der Waals surface area contributed by atoms with Gasteiger partial charge in [-0.3, -0.25) is 5.32 Å². The SMILES string of the molecule is COCCCNc1scnc1OC(=O)Nc1cccc(Cl)c1. The minimum atomic E-state index is -0.617. The number of rotatable bonds is 7. The van der Waals surface area contributed by atoms with Crippen LogP contribution in [0.4, 0.5) is 15.5 Å². The Hall–Kier alpha value is -1.83. The second kappa shape index (κ2) is 8.57. The van der Waals surface area contributed by atoms with Crippen molar-refractivity contribution < 1.29 is 14.3 Å². The predicted octanol–water partition coefficient (Wildman–Crippen LogP) is 3.86. The summed E-state index contributed by atoms with van der Waals surface area (Å²) < 4.78 is 10.2. The van der Waals surface area contributed by atoms with Crippen molar-refractivity contribution in [2.24, 2.45) is 0 Å². The van der Waals surface area contributed by atoms with Crippen molar-refractivity contribution in [3.63, 3.8) is 0 Å². The van der Waals surface area contributed by atoms with E-state index >= 15 is 0 Å². The van der Waals surface area contributed by atoms with Crippen molar-refractivity contribution in [2.45, 2.75) is 6.42 Å². The van der Waals surface area contributed by atoms with Gasteiger partial charge in [-0.25, -0.2) is 9.78 Å². The van der Waals surface area contributed by atoms with Crippen molar-refractivity contribution >= 4 is 39.7 Å². The molecular weight excluding hydrogens is 326 g/mol. The Morgan fingerprint density at radius 1 is 1.45 bits per heavy atom. The highest BCUT2D eigenvalue weighted by molar-refractivity contribution is 7.14. The molecule has 0 radical (unpaired) electrons. The van der Waals surface area contributed by atoms with Crippen molar-refractivity contribution in [1.82, 2.24) is 4.98 Å². The Bertz CT molecular complexity index is 621. The van der Waals surface area contributed by atoms with Crippen LogP contribution in [0.3, 0.4) is 0 Å². The average molecular weight is 342 g/mol. The molecule has 2 N–H and O–H groups in total. The van der Waals surface area contributed by atoms with Gasteiger partial charge in [0.1, 0.15) is 0 Å². The fourth-order valence-corrected chi connectivity index (χ4v) is 2.47. The Morgan fingerprint density at radius 3 is 3.09 bits per heavy atom. The Labute approximate surface area is 137 Å². The van der Waals surface area contributed by atoms with Gasteiger partial charge < -0.3 is 14.8 Å². The monoisotopic (exact) mass is 341 g/mol. The normalized spacial score (nSPS) is 10.3. The highest BCUT2D eigenvalue weighted by Gasteiger charge is 2.12. The number of carbonyl (C=O) groups is 1. The lowest BCUT2D eigenvalue weighted by molar-refractivity contribution is 0.197. The minimum Gasteiger partial charge on any atom is -0.388 e. The molecule has 0 saturated heterocycles. The van der Waals surface area contributed by atoms with Gasteiger partial charge in [0, 0.05) is 31.0 Å². The summed E-state index contributed by atoms with van der Waals surface area (Å²) in [5, 5.41) is 6.99. The summed E-state index contributed by atoms with van der Waals surface area (Å²) in [6, 6.07) is 6.82. The molecule has 22 heavy (non-hydrogen) atoms. The molecule has 0 aliphatic carbocycles. The third kappa shape index (κ3) is 5.18. The van der Waals surface area contributed by atoms with Crippen LogP contribution in [0.15, 0.2) is 29.8 Å². The van der Waals surface area contributed by atoms with Crippen LogP contribution in [-0.2, 0) is 4.74 Å². The molecule has 0 bridgehead atoms. The summed E-state index contributed by atoms with van der Waals surface area (Å²) in [6.07, 6.45) is 0.232. The molecule has 0 aliphatic rings. The molecule has 0 fully saturated rings. The van der Waals surface area contributed by atoms with E-state index in [-0.39, 0.29) is 5.88 Å². The van der Waals surface area contributed by atoms with E-state index in [1.165, 1.54) is 11.3 Å². The maximum Gasteiger partial charge on any atom is 0.418 e. The molecule has 1 aromatic heterocycles. The molecule has 2 aromatic rings. The number of hydrogen-bond donors (Lipinski definition) is 2. The maximum atomic E-state index is 11.9. The maximum absolute atomic E-state index is 11.9. The molecular formula is C14H16ClN3O3S. The van der Waals surface area contributed by atoms with E-state index in [0.29, 0.717) is 28.9 Å². The van der Waals surface area contributed by atoms with Crippen LogP contribution in [0.1, 0.15) is 6.42 Å². The van der Waals surface area contributed by atoms with Crippen LogP contribution in [-0.4, -0.2) is 31.3 Å². The Morgan fingerprint density at radius 2 is 2.32 bits per heavy atom. The Balaban J connectivity index is 1.87. The number of anilines is 2. The van der Waals surface area contributed by atoms with Gasteiger partial charge in [0.05, 0.1) is 5.51 Å². The van der Waals surface area contributed by atoms with Gasteiger partial charge >= 0.3 is 6.09 Å². The zero-order valence-corrected chi connectivity index (χ0v) is 13.5. The number of nitrogens with zero attached hydrogens (tertiary/aromatic N) is 1. The van der Waals surface area contributed by atoms with Gasteiger partial charge in [-0.1, -0.05) is 17.7 Å². The van der Waals surface area contributed by atoms with Crippen LogP contribution >= 0.6 is 22.9 Å². The molecule has 0 aliphatic heterocycles. The third-order valence-corrected chi connectivity index (χ3v) is 3.61. The number of nitrogens with one attached hydrogen (secondary N) is 2.